The van der Waals surface area contributed by atoms with Crippen molar-refractivity contribution >= 4 is 27.7 Å². The Balaban J connectivity index is 1.78. The third-order valence-corrected chi connectivity index (χ3v) is 5.88. The fourth-order valence-electron chi connectivity index (χ4n) is 2.04. The summed E-state index contributed by atoms with van der Waals surface area (Å²) < 4.78 is 38.9. The van der Waals surface area contributed by atoms with Crippen molar-refractivity contribution in [2.24, 2.45) is 0 Å². The van der Waals surface area contributed by atoms with Crippen LogP contribution in [-0.2, 0) is 15.8 Å². The van der Waals surface area contributed by atoms with Gasteiger partial charge in [0.1, 0.15) is 5.82 Å². The van der Waals surface area contributed by atoms with Gasteiger partial charge in [-0.15, -0.1) is 0 Å². The molecule has 2 N–H and O–H groups in total. The lowest BCUT2D eigenvalue weighted by atomic mass is 10.2. The number of thioether (sulfide) groups is 1. The zero-order valence-corrected chi connectivity index (χ0v) is 15.3. The minimum absolute atomic E-state index is 0.104. The molecule has 0 fully saturated rings. The SMILES string of the molecule is CNS(=O)(=O)c1ccc(C(=O)NCCSCc2ccccc2F)cc1. The molecule has 0 saturated carbocycles. The molecule has 2 aromatic rings. The van der Waals surface area contributed by atoms with Crippen molar-refractivity contribution in [3.05, 3.63) is 65.5 Å². The zero-order valence-electron chi connectivity index (χ0n) is 13.7. The average molecular weight is 382 g/mol. The Labute approximate surface area is 151 Å². The highest BCUT2D eigenvalue weighted by Gasteiger charge is 2.12. The Kier molecular flexibility index (Phi) is 6.98. The van der Waals surface area contributed by atoms with E-state index in [1.165, 1.54) is 49.1 Å². The normalized spacial score (nSPS) is 11.3. The number of nitrogens with one attached hydrogen (secondary N) is 2. The summed E-state index contributed by atoms with van der Waals surface area (Å²) in [6.45, 7) is 0.439. The summed E-state index contributed by atoms with van der Waals surface area (Å²) in [5, 5.41) is 2.75. The molecule has 0 unspecified atom stereocenters. The van der Waals surface area contributed by atoms with Crippen molar-refractivity contribution in [2.45, 2.75) is 10.6 Å². The van der Waals surface area contributed by atoms with Crippen LogP contribution in [0.1, 0.15) is 15.9 Å². The van der Waals surface area contributed by atoms with Crippen molar-refractivity contribution in [1.82, 2.24) is 10.0 Å². The van der Waals surface area contributed by atoms with E-state index < -0.39 is 10.0 Å². The van der Waals surface area contributed by atoms with Crippen molar-refractivity contribution in [3.63, 3.8) is 0 Å². The predicted molar refractivity (Wildman–Crippen MR) is 97.6 cm³/mol. The maximum absolute atomic E-state index is 13.5. The summed E-state index contributed by atoms with van der Waals surface area (Å²) in [7, 11) is -2.18. The van der Waals surface area contributed by atoms with Crippen molar-refractivity contribution < 1.29 is 17.6 Å². The van der Waals surface area contributed by atoms with Gasteiger partial charge < -0.3 is 5.32 Å². The number of hydrogen-bond donors (Lipinski definition) is 2. The van der Waals surface area contributed by atoms with Gasteiger partial charge in [-0.1, -0.05) is 18.2 Å². The number of rotatable bonds is 8. The van der Waals surface area contributed by atoms with Crippen LogP contribution in [-0.4, -0.2) is 33.7 Å². The highest BCUT2D eigenvalue weighted by atomic mass is 32.2. The first-order valence-electron chi connectivity index (χ1n) is 7.57. The fraction of sp³-hybridized carbons (Fsp3) is 0.235. The first kappa shape index (κ1) is 19.4. The number of benzene rings is 2. The number of carbonyl (C=O) groups is 1. The number of sulfonamides is 1. The smallest absolute Gasteiger partial charge is 0.251 e. The van der Waals surface area contributed by atoms with E-state index in [1.807, 2.05) is 0 Å². The van der Waals surface area contributed by atoms with Crippen LogP contribution in [0, 0.1) is 5.82 Å². The predicted octanol–water partition coefficient (Wildman–Crippen LogP) is 2.40. The van der Waals surface area contributed by atoms with E-state index in [0.717, 1.165) is 0 Å². The molecule has 0 aromatic heterocycles. The molecule has 5 nitrogen and oxygen atoms in total. The second kappa shape index (κ2) is 8.98. The van der Waals surface area contributed by atoms with Gasteiger partial charge in [-0.2, -0.15) is 11.8 Å². The maximum atomic E-state index is 13.5. The van der Waals surface area contributed by atoms with Crippen LogP contribution >= 0.6 is 11.8 Å². The van der Waals surface area contributed by atoms with E-state index >= 15 is 0 Å². The van der Waals surface area contributed by atoms with Crippen LogP contribution in [0.5, 0.6) is 0 Å². The molecule has 0 aliphatic heterocycles. The summed E-state index contributed by atoms with van der Waals surface area (Å²) in [6, 6.07) is 12.3. The van der Waals surface area contributed by atoms with Crippen LogP contribution in [0.15, 0.2) is 53.4 Å². The lowest BCUT2D eigenvalue weighted by molar-refractivity contribution is 0.0956. The Morgan fingerprint density at radius 3 is 2.44 bits per heavy atom. The van der Waals surface area contributed by atoms with Crippen molar-refractivity contribution in [3.8, 4) is 0 Å². The summed E-state index contributed by atoms with van der Waals surface area (Å²) in [5.41, 5.74) is 1.02. The molecule has 0 heterocycles. The second-order valence-electron chi connectivity index (χ2n) is 5.13. The van der Waals surface area contributed by atoms with E-state index in [1.54, 1.807) is 18.2 Å². The third-order valence-electron chi connectivity index (χ3n) is 3.44. The Bertz CT molecular complexity index is 824. The summed E-state index contributed by atoms with van der Waals surface area (Å²) in [6.07, 6.45) is 0. The van der Waals surface area contributed by atoms with Gasteiger partial charge in [0, 0.05) is 23.6 Å². The summed E-state index contributed by atoms with van der Waals surface area (Å²) in [4.78, 5) is 12.1. The summed E-state index contributed by atoms with van der Waals surface area (Å²) in [5.74, 6) is 0.682. The van der Waals surface area contributed by atoms with Crippen LogP contribution in [0.3, 0.4) is 0 Å². The van der Waals surface area contributed by atoms with Crippen LogP contribution in [0.25, 0.3) is 0 Å². The van der Waals surface area contributed by atoms with Gasteiger partial charge in [-0.3, -0.25) is 4.79 Å². The van der Waals surface area contributed by atoms with Crippen LogP contribution in [0.4, 0.5) is 4.39 Å². The quantitative estimate of drug-likeness (QED) is 0.688. The highest BCUT2D eigenvalue weighted by molar-refractivity contribution is 7.98. The molecule has 134 valence electrons. The molecule has 0 spiro atoms. The number of amides is 1. The minimum atomic E-state index is -3.51. The molecular weight excluding hydrogens is 363 g/mol. The topological polar surface area (TPSA) is 75.3 Å². The Morgan fingerprint density at radius 1 is 1.12 bits per heavy atom. The van der Waals surface area contributed by atoms with Crippen molar-refractivity contribution in [2.75, 3.05) is 19.3 Å². The van der Waals surface area contributed by atoms with Gasteiger partial charge in [0.05, 0.1) is 4.90 Å². The molecule has 0 saturated heterocycles. The maximum Gasteiger partial charge on any atom is 0.251 e. The molecule has 0 aliphatic rings. The molecule has 2 rings (SSSR count). The van der Waals surface area contributed by atoms with Gasteiger partial charge in [-0.25, -0.2) is 17.5 Å². The lowest BCUT2D eigenvalue weighted by Gasteiger charge is -2.07. The van der Waals surface area contributed by atoms with E-state index in [4.69, 9.17) is 0 Å². The van der Waals surface area contributed by atoms with Crippen molar-refractivity contribution in [1.29, 1.82) is 0 Å². The Morgan fingerprint density at radius 2 is 1.80 bits per heavy atom. The fourth-order valence-corrected chi connectivity index (χ4v) is 3.61. The second-order valence-corrected chi connectivity index (χ2v) is 8.12. The molecular formula is C17H19FN2O3S2. The van der Waals surface area contributed by atoms with Crippen LogP contribution < -0.4 is 10.0 Å². The van der Waals surface area contributed by atoms with Gasteiger partial charge in [0.25, 0.3) is 5.91 Å². The molecule has 25 heavy (non-hydrogen) atoms. The molecule has 0 atom stereocenters. The van der Waals surface area contributed by atoms with Gasteiger partial charge in [0.2, 0.25) is 10.0 Å². The van der Waals surface area contributed by atoms with Gasteiger partial charge >= 0.3 is 0 Å². The summed E-state index contributed by atoms with van der Waals surface area (Å²) >= 11 is 1.52. The first-order chi connectivity index (χ1) is 11.9. The number of carbonyl (C=O) groups excluding carboxylic acids is 1. The number of halogens is 1. The monoisotopic (exact) mass is 382 g/mol. The average Bonchev–Trinajstić information content (AvgIpc) is 2.63. The van der Waals surface area contributed by atoms with E-state index in [0.29, 0.717) is 29.2 Å². The first-order valence-corrected chi connectivity index (χ1v) is 10.2. The van der Waals surface area contributed by atoms with E-state index in [-0.39, 0.29) is 16.6 Å². The Hall–Kier alpha value is -1.90. The lowest BCUT2D eigenvalue weighted by Crippen LogP contribution is -2.26. The van der Waals surface area contributed by atoms with E-state index in [9.17, 15) is 17.6 Å². The van der Waals surface area contributed by atoms with Gasteiger partial charge in [-0.05, 0) is 42.9 Å². The molecule has 8 heteroatoms. The van der Waals surface area contributed by atoms with E-state index in [2.05, 4.69) is 10.0 Å². The molecule has 0 bridgehead atoms. The standard InChI is InChI=1S/C17H19FN2O3S2/c1-19-25(22,23)15-8-6-13(7-9-15)17(21)20-10-11-24-12-14-4-2-3-5-16(14)18/h2-9,19H,10-12H2,1H3,(H,20,21). The highest BCUT2D eigenvalue weighted by Crippen LogP contribution is 2.15. The molecule has 0 radical (unpaired) electrons. The van der Waals surface area contributed by atoms with Crippen LogP contribution in [0.2, 0.25) is 0 Å². The van der Waals surface area contributed by atoms with Gasteiger partial charge in [0.15, 0.2) is 0 Å². The molecule has 1 amide bonds. The minimum Gasteiger partial charge on any atom is -0.351 e. The largest absolute Gasteiger partial charge is 0.351 e. The molecule has 2 aromatic carbocycles. The number of hydrogen-bond acceptors (Lipinski definition) is 4. The molecule has 0 aliphatic carbocycles. The zero-order chi connectivity index (χ0) is 18.3. The third kappa shape index (κ3) is 5.55.